The number of fused-ring (bicyclic) bond motifs is 2. The van der Waals surface area contributed by atoms with Crippen molar-refractivity contribution in [2.45, 2.75) is 19.5 Å². The van der Waals surface area contributed by atoms with Crippen molar-refractivity contribution in [2.75, 3.05) is 20.3 Å². The van der Waals surface area contributed by atoms with Crippen molar-refractivity contribution in [3.8, 4) is 5.75 Å². The van der Waals surface area contributed by atoms with Crippen LogP contribution in [0.15, 0.2) is 66.7 Å². The third kappa shape index (κ3) is 4.60. The van der Waals surface area contributed by atoms with E-state index in [0.29, 0.717) is 13.2 Å². The van der Waals surface area contributed by atoms with Crippen LogP contribution in [0.4, 0.5) is 0 Å². The number of hydrogen-bond donors (Lipinski definition) is 1. The number of carbonyl (C=O) groups excluding carboxylic acids is 1. The van der Waals surface area contributed by atoms with Crippen LogP contribution in [0.2, 0.25) is 0 Å². The number of para-hydroxylation sites is 2. The second-order valence-corrected chi connectivity index (χ2v) is 7.09. The summed E-state index contributed by atoms with van der Waals surface area (Å²) in [5.41, 5.74) is 1.98. The predicted octanol–water partition coefficient (Wildman–Crippen LogP) is 3.92. The second kappa shape index (κ2) is 9.41. The lowest BCUT2D eigenvalue weighted by Gasteiger charge is -2.11. The number of imidazole rings is 1. The molecule has 0 saturated heterocycles. The number of benzene rings is 3. The summed E-state index contributed by atoms with van der Waals surface area (Å²) in [5.74, 6) is 1.54. The summed E-state index contributed by atoms with van der Waals surface area (Å²) in [7, 11) is 1.50. The van der Waals surface area contributed by atoms with Crippen LogP contribution in [-0.4, -0.2) is 35.8 Å². The number of hydrogen-bond acceptors (Lipinski definition) is 4. The molecule has 0 unspecified atom stereocenters. The van der Waals surface area contributed by atoms with Gasteiger partial charge in [-0.3, -0.25) is 4.79 Å². The van der Waals surface area contributed by atoms with Gasteiger partial charge in [0, 0.05) is 13.7 Å². The summed E-state index contributed by atoms with van der Waals surface area (Å²) >= 11 is 0. The van der Waals surface area contributed by atoms with E-state index in [-0.39, 0.29) is 12.5 Å². The fourth-order valence-electron chi connectivity index (χ4n) is 3.54. The maximum atomic E-state index is 11.8. The highest BCUT2D eigenvalue weighted by atomic mass is 16.5. The maximum Gasteiger partial charge on any atom is 0.246 e. The van der Waals surface area contributed by atoms with Gasteiger partial charge in [0.15, 0.2) is 0 Å². The Hall–Kier alpha value is -3.38. The Morgan fingerprint density at radius 1 is 1.03 bits per heavy atom. The molecular weight excluding hydrogens is 378 g/mol. The fourth-order valence-corrected chi connectivity index (χ4v) is 3.54. The van der Waals surface area contributed by atoms with Crippen LogP contribution >= 0.6 is 0 Å². The topological polar surface area (TPSA) is 65.4 Å². The van der Waals surface area contributed by atoms with Crippen molar-refractivity contribution >= 4 is 27.7 Å². The van der Waals surface area contributed by atoms with Gasteiger partial charge in [-0.2, -0.15) is 0 Å². The van der Waals surface area contributed by atoms with Crippen molar-refractivity contribution in [3.05, 3.63) is 72.6 Å². The van der Waals surface area contributed by atoms with Gasteiger partial charge in [-0.05, 0) is 41.5 Å². The summed E-state index contributed by atoms with van der Waals surface area (Å²) < 4.78 is 13.0. The average molecular weight is 403 g/mol. The minimum Gasteiger partial charge on any atom is -0.494 e. The minimum absolute atomic E-state index is 0.0415. The van der Waals surface area contributed by atoms with Crippen LogP contribution in [0.25, 0.3) is 21.8 Å². The lowest BCUT2D eigenvalue weighted by atomic mass is 10.1. The molecule has 1 heterocycles. The number of amides is 1. The van der Waals surface area contributed by atoms with Crippen molar-refractivity contribution < 1.29 is 14.3 Å². The lowest BCUT2D eigenvalue weighted by Crippen LogP contribution is -2.28. The Bertz CT molecular complexity index is 1150. The molecule has 0 bridgehead atoms. The molecule has 1 aromatic heterocycles. The Morgan fingerprint density at radius 2 is 1.83 bits per heavy atom. The first kappa shape index (κ1) is 19.9. The van der Waals surface area contributed by atoms with E-state index in [4.69, 9.17) is 9.47 Å². The predicted molar refractivity (Wildman–Crippen MR) is 118 cm³/mol. The number of aromatic nitrogens is 2. The lowest BCUT2D eigenvalue weighted by molar-refractivity contribution is -0.124. The largest absolute Gasteiger partial charge is 0.494 e. The third-order valence-electron chi connectivity index (χ3n) is 4.97. The van der Waals surface area contributed by atoms with Crippen molar-refractivity contribution in [3.63, 3.8) is 0 Å². The molecular formula is C24H25N3O3. The van der Waals surface area contributed by atoms with E-state index < -0.39 is 0 Å². The Labute approximate surface area is 175 Å². The molecule has 4 aromatic rings. The molecule has 6 nitrogen and oxygen atoms in total. The number of nitrogens with zero attached hydrogens (tertiary/aromatic N) is 2. The molecule has 0 fully saturated rings. The van der Waals surface area contributed by atoms with E-state index >= 15 is 0 Å². The highest BCUT2D eigenvalue weighted by Gasteiger charge is 2.11. The Balaban J connectivity index is 1.40. The maximum absolute atomic E-state index is 11.8. The molecule has 30 heavy (non-hydrogen) atoms. The first-order valence-corrected chi connectivity index (χ1v) is 10.1. The van der Waals surface area contributed by atoms with E-state index in [1.165, 1.54) is 17.9 Å². The van der Waals surface area contributed by atoms with E-state index in [9.17, 15) is 4.79 Å². The number of methoxy groups -OCH3 is 1. The molecule has 0 saturated carbocycles. The fraction of sp³-hybridized carbons (Fsp3) is 0.250. The van der Waals surface area contributed by atoms with Gasteiger partial charge in [-0.15, -0.1) is 0 Å². The minimum atomic E-state index is -0.157. The van der Waals surface area contributed by atoms with E-state index in [1.807, 2.05) is 42.5 Å². The van der Waals surface area contributed by atoms with Crippen LogP contribution in [0, 0.1) is 0 Å². The third-order valence-corrected chi connectivity index (χ3v) is 4.97. The molecule has 0 spiro atoms. The van der Waals surface area contributed by atoms with Crippen molar-refractivity contribution in [1.29, 1.82) is 0 Å². The van der Waals surface area contributed by atoms with Gasteiger partial charge >= 0.3 is 0 Å². The van der Waals surface area contributed by atoms with Crippen LogP contribution in [0.3, 0.4) is 0 Å². The van der Waals surface area contributed by atoms with Crippen LogP contribution in [0.1, 0.15) is 12.2 Å². The molecule has 1 amide bonds. The zero-order valence-corrected chi connectivity index (χ0v) is 17.0. The van der Waals surface area contributed by atoms with Crippen LogP contribution < -0.4 is 10.1 Å². The number of aryl methyl sites for hydroxylation is 1. The van der Waals surface area contributed by atoms with Gasteiger partial charge in [0.05, 0.1) is 24.2 Å². The molecule has 6 heteroatoms. The Kier molecular flexibility index (Phi) is 6.25. The van der Waals surface area contributed by atoms with Gasteiger partial charge in [0.1, 0.15) is 18.2 Å². The summed E-state index contributed by atoms with van der Waals surface area (Å²) in [4.78, 5) is 16.4. The molecule has 0 aliphatic carbocycles. The summed E-state index contributed by atoms with van der Waals surface area (Å²) in [5, 5.41) is 5.23. The number of nitrogens with one attached hydrogen (secondary N) is 1. The molecule has 154 valence electrons. The molecule has 0 radical (unpaired) electrons. The Morgan fingerprint density at radius 3 is 2.70 bits per heavy atom. The van der Waals surface area contributed by atoms with Crippen LogP contribution in [0.5, 0.6) is 5.75 Å². The standard InChI is InChI=1S/C24H25N3O3/c1-29-17-24(28)25-16-23-26-21-9-4-5-10-22(21)27(23)13-6-14-30-20-12-11-18-7-2-3-8-19(18)15-20/h2-5,7-12,15H,6,13-14,16-17H2,1H3,(H,25,28). The number of carbonyl (C=O) groups is 1. The van der Waals surface area contributed by atoms with E-state index in [2.05, 4.69) is 39.1 Å². The average Bonchev–Trinajstić information content (AvgIpc) is 3.13. The zero-order valence-electron chi connectivity index (χ0n) is 17.0. The SMILES string of the molecule is COCC(=O)NCc1nc2ccccc2n1CCCOc1ccc2ccccc2c1. The monoisotopic (exact) mass is 403 g/mol. The summed E-state index contributed by atoms with van der Waals surface area (Å²) in [6.07, 6.45) is 0.826. The van der Waals surface area contributed by atoms with Gasteiger partial charge in [0.2, 0.25) is 5.91 Å². The van der Waals surface area contributed by atoms with Gasteiger partial charge in [-0.25, -0.2) is 4.98 Å². The highest BCUT2D eigenvalue weighted by molar-refractivity contribution is 5.83. The quantitative estimate of drug-likeness (QED) is 0.430. The van der Waals surface area contributed by atoms with Crippen molar-refractivity contribution in [1.82, 2.24) is 14.9 Å². The normalized spacial score (nSPS) is 11.1. The smallest absolute Gasteiger partial charge is 0.246 e. The molecule has 0 aliphatic heterocycles. The molecule has 0 aliphatic rings. The summed E-state index contributed by atoms with van der Waals surface area (Å²) in [6.45, 7) is 1.76. The highest BCUT2D eigenvalue weighted by Crippen LogP contribution is 2.21. The first-order chi connectivity index (χ1) is 14.7. The van der Waals surface area contributed by atoms with Crippen LogP contribution in [-0.2, 0) is 22.6 Å². The van der Waals surface area contributed by atoms with Gasteiger partial charge < -0.3 is 19.4 Å². The van der Waals surface area contributed by atoms with Gasteiger partial charge in [0.25, 0.3) is 0 Å². The summed E-state index contributed by atoms with van der Waals surface area (Å²) in [6, 6.07) is 22.4. The van der Waals surface area contributed by atoms with Gasteiger partial charge in [-0.1, -0.05) is 42.5 Å². The molecule has 1 N–H and O–H groups in total. The number of ether oxygens (including phenoxy) is 2. The first-order valence-electron chi connectivity index (χ1n) is 10.1. The molecule has 0 atom stereocenters. The molecule has 4 rings (SSSR count). The zero-order chi connectivity index (χ0) is 20.8. The second-order valence-electron chi connectivity index (χ2n) is 7.09. The van der Waals surface area contributed by atoms with Crippen molar-refractivity contribution in [2.24, 2.45) is 0 Å². The number of rotatable bonds is 9. The van der Waals surface area contributed by atoms with E-state index in [0.717, 1.165) is 35.6 Å². The van der Waals surface area contributed by atoms with E-state index in [1.54, 1.807) is 0 Å². The molecule has 3 aromatic carbocycles.